The van der Waals surface area contributed by atoms with Crippen molar-refractivity contribution in [2.24, 2.45) is 4.99 Å². The van der Waals surface area contributed by atoms with Gasteiger partial charge in [0.25, 0.3) is 5.91 Å². The summed E-state index contributed by atoms with van der Waals surface area (Å²) in [5, 5.41) is 0.662. The Morgan fingerprint density at radius 3 is 2.39 bits per heavy atom. The van der Waals surface area contributed by atoms with Crippen LogP contribution in [0.2, 0.25) is 0 Å². The fourth-order valence-electron chi connectivity index (χ4n) is 4.11. The molecule has 0 aromatic heterocycles. The highest BCUT2D eigenvalue weighted by Gasteiger charge is 2.36. The zero-order valence-electron chi connectivity index (χ0n) is 21.8. The van der Waals surface area contributed by atoms with Gasteiger partial charge in [-0.2, -0.15) is 0 Å². The molecule has 3 aromatic rings. The lowest BCUT2D eigenvalue weighted by atomic mass is 10.1. The number of benzene rings is 3. The fourth-order valence-corrected chi connectivity index (χ4v) is 5.08. The third kappa shape index (κ3) is 5.57. The van der Waals surface area contributed by atoms with Crippen LogP contribution in [0.1, 0.15) is 54.0 Å². The van der Waals surface area contributed by atoms with E-state index in [1.165, 1.54) is 17.3 Å². The number of aliphatic imine (C=N–C) groups is 1. The maximum Gasteiger partial charge on any atom is 0.271 e. The molecule has 5 heteroatoms. The number of hydrogen-bond donors (Lipinski definition) is 0. The topological polar surface area (TPSA) is 41.9 Å². The van der Waals surface area contributed by atoms with E-state index in [0.717, 1.165) is 58.6 Å². The van der Waals surface area contributed by atoms with Gasteiger partial charge >= 0.3 is 0 Å². The number of thioether (sulfide) groups is 1. The molecule has 0 N–H and O–H groups in total. The van der Waals surface area contributed by atoms with E-state index in [4.69, 9.17) is 9.73 Å². The fraction of sp³-hybridized carbons (Fsp3) is 0.290. The molecule has 36 heavy (non-hydrogen) atoms. The van der Waals surface area contributed by atoms with Crippen LogP contribution in [0.15, 0.2) is 70.6 Å². The molecule has 1 saturated heterocycles. The normalized spacial score (nSPS) is 15.8. The first-order valence-corrected chi connectivity index (χ1v) is 13.4. The summed E-state index contributed by atoms with van der Waals surface area (Å²) in [5.74, 6) is 0.728. The SMILES string of the molecule is CCCCCOc1ccccc1C=C1SC(=Nc2cccc(C)c2C)N(c2cccc(C)c2C)C1=O. The predicted molar refractivity (Wildman–Crippen MR) is 153 cm³/mol. The van der Waals surface area contributed by atoms with Crippen LogP contribution in [0, 0.1) is 27.7 Å². The molecule has 0 unspecified atom stereocenters. The first kappa shape index (κ1) is 25.8. The van der Waals surface area contributed by atoms with E-state index in [9.17, 15) is 4.79 Å². The minimum absolute atomic E-state index is 0.0708. The van der Waals surface area contributed by atoms with Crippen molar-refractivity contribution < 1.29 is 9.53 Å². The Bertz CT molecular complexity index is 1330. The molecule has 0 saturated carbocycles. The van der Waals surface area contributed by atoms with Crippen molar-refractivity contribution in [2.45, 2.75) is 53.9 Å². The Morgan fingerprint density at radius 2 is 1.61 bits per heavy atom. The highest BCUT2D eigenvalue weighted by atomic mass is 32.2. The quantitative estimate of drug-likeness (QED) is 0.232. The second-order valence-corrected chi connectivity index (χ2v) is 10.2. The van der Waals surface area contributed by atoms with E-state index in [-0.39, 0.29) is 5.91 Å². The largest absolute Gasteiger partial charge is 0.493 e. The number of amidine groups is 1. The number of rotatable bonds is 8. The molecule has 0 atom stereocenters. The summed E-state index contributed by atoms with van der Waals surface area (Å²) >= 11 is 1.41. The van der Waals surface area contributed by atoms with Gasteiger partial charge in [-0.1, -0.05) is 62.2 Å². The first-order valence-electron chi connectivity index (χ1n) is 12.6. The lowest BCUT2D eigenvalue weighted by Gasteiger charge is -2.19. The van der Waals surface area contributed by atoms with Crippen LogP contribution in [0.25, 0.3) is 6.08 Å². The molecular weight excluding hydrogens is 464 g/mol. The molecule has 186 valence electrons. The van der Waals surface area contributed by atoms with Crippen molar-refractivity contribution in [1.29, 1.82) is 0 Å². The Labute approximate surface area is 219 Å². The lowest BCUT2D eigenvalue weighted by Crippen LogP contribution is -2.29. The van der Waals surface area contributed by atoms with Gasteiger partial charge in [-0.05, 0) is 92.4 Å². The number of carbonyl (C=O) groups is 1. The minimum atomic E-state index is -0.0708. The number of amides is 1. The third-order valence-electron chi connectivity index (χ3n) is 6.63. The Hall–Kier alpha value is -3.31. The van der Waals surface area contributed by atoms with E-state index in [1.807, 2.05) is 54.6 Å². The standard InChI is InChI=1S/C31H34N2O2S/c1-6-7-10-19-35-28-18-9-8-15-25(28)20-29-30(34)33(27-17-12-14-22(3)24(27)5)31(36-29)32-26-16-11-13-21(2)23(26)4/h8-9,11-18,20H,6-7,10,19H2,1-5H3. The molecular formula is C31H34N2O2S. The number of anilines is 1. The molecule has 0 radical (unpaired) electrons. The van der Waals surface area contributed by atoms with Crippen molar-refractivity contribution in [3.05, 3.63) is 93.4 Å². The van der Waals surface area contributed by atoms with Crippen molar-refractivity contribution >= 4 is 40.3 Å². The van der Waals surface area contributed by atoms with Gasteiger partial charge in [-0.3, -0.25) is 9.69 Å². The van der Waals surface area contributed by atoms with Crippen molar-refractivity contribution in [3.63, 3.8) is 0 Å². The Balaban J connectivity index is 1.76. The van der Waals surface area contributed by atoms with E-state index >= 15 is 0 Å². The molecule has 1 heterocycles. The summed E-state index contributed by atoms with van der Waals surface area (Å²) in [6.07, 6.45) is 5.24. The third-order valence-corrected chi connectivity index (χ3v) is 7.60. The molecule has 3 aromatic carbocycles. The number of aryl methyl sites for hydroxylation is 2. The predicted octanol–water partition coefficient (Wildman–Crippen LogP) is 8.30. The average Bonchev–Trinajstić information content (AvgIpc) is 3.16. The van der Waals surface area contributed by atoms with Gasteiger partial charge in [-0.25, -0.2) is 4.99 Å². The summed E-state index contributed by atoms with van der Waals surface area (Å²) in [6, 6.07) is 20.1. The number of ether oxygens (including phenoxy) is 1. The summed E-state index contributed by atoms with van der Waals surface area (Å²) in [4.78, 5) is 21.2. The van der Waals surface area contributed by atoms with E-state index in [1.54, 1.807) is 4.90 Å². The number of para-hydroxylation sites is 1. The van der Waals surface area contributed by atoms with Crippen LogP contribution >= 0.6 is 11.8 Å². The first-order chi connectivity index (χ1) is 17.4. The number of carbonyl (C=O) groups excluding carboxylic acids is 1. The van der Waals surface area contributed by atoms with Gasteiger partial charge in [0.1, 0.15) is 5.75 Å². The Morgan fingerprint density at radius 1 is 0.889 bits per heavy atom. The van der Waals surface area contributed by atoms with E-state index < -0.39 is 0 Å². The van der Waals surface area contributed by atoms with Gasteiger partial charge in [-0.15, -0.1) is 0 Å². The highest BCUT2D eigenvalue weighted by molar-refractivity contribution is 8.19. The van der Waals surface area contributed by atoms with Gasteiger partial charge < -0.3 is 4.74 Å². The Kier molecular flexibility index (Phi) is 8.32. The highest BCUT2D eigenvalue weighted by Crippen LogP contribution is 2.40. The van der Waals surface area contributed by atoms with Crippen LogP contribution in [-0.4, -0.2) is 17.7 Å². The van der Waals surface area contributed by atoms with E-state index in [2.05, 4.69) is 46.8 Å². The molecule has 0 spiro atoms. The second-order valence-electron chi connectivity index (χ2n) is 9.18. The monoisotopic (exact) mass is 498 g/mol. The molecule has 1 amide bonds. The molecule has 0 bridgehead atoms. The van der Waals surface area contributed by atoms with Crippen molar-refractivity contribution in [3.8, 4) is 5.75 Å². The second kappa shape index (κ2) is 11.6. The molecule has 4 nitrogen and oxygen atoms in total. The van der Waals surface area contributed by atoms with Crippen LogP contribution < -0.4 is 9.64 Å². The van der Waals surface area contributed by atoms with E-state index in [0.29, 0.717) is 16.7 Å². The molecule has 1 aliphatic heterocycles. The van der Waals surface area contributed by atoms with Crippen LogP contribution in [0.5, 0.6) is 5.75 Å². The van der Waals surface area contributed by atoms with Gasteiger partial charge in [0.2, 0.25) is 0 Å². The molecule has 1 aliphatic rings. The van der Waals surface area contributed by atoms with Crippen LogP contribution in [0.4, 0.5) is 11.4 Å². The van der Waals surface area contributed by atoms with Gasteiger partial charge in [0, 0.05) is 5.56 Å². The molecule has 4 rings (SSSR count). The van der Waals surface area contributed by atoms with Crippen molar-refractivity contribution in [1.82, 2.24) is 0 Å². The van der Waals surface area contributed by atoms with Crippen LogP contribution in [-0.2, 0) is 4.79 Å². The molecule has 1 fully saturated rings. The van der Waals surface area contributed by atoms with Gasteiger partial charge in [0.15, 0.2) is 5.17 Å². The zero-order valence-corrected chi connectivity index (χ0v) is 22.6. The van der Waals surface area contributed by atoms with Crippen molar-refractivity contribution in [2.75, 3.05) is 11.5 Å². The summed E-state index contributed by atoms with van der Waals surface area (Å²) in [7, 11) is 0. The lowest BCUT2D eigenvalue weighted by molar-refractivity contribution is -0.113. The van der Waals surface area contributed by atoms with Gasteiger partial charge in [0.05, 0.1) is 22.9 Å². The zero-order chi connectivity index (χ0) is 25.7. The smallest absolute Gasteiger partial charge is 0.271 e. The molecule has 0 aliphatic carbocycles. The summed E-state index contributed by atoms with van der Waals surface area (Å²) in [5.41, 5.74) is 7.14. The number of hydrogen-bond acceptors (Lipinski definition) is 4. The number of nitrogens with zero attached hydrogens (tertiary/aromatic N) is 2. The van der Waals surface area contributed by atoms with Crippen LogP contribution in [0.3, 0.4) is 0 Å². The average molecular weight is 499 g/mol. The minimum Gasteiger partial charge on any atom is -0.493 e. The summed E-state index contributed by atoms with van der Waals surface area (Å²) in [6.45, 7) is 11.1. The maximum absolute atomic E-state index is 13.9. The number of unbranched alkanes of at least 4 members (excludes halogenated alkanes) is 2. The maximum atomic E-state index is 13.9. The summed E-state index contributed by atoms with van der Waals surface area (Å²) < 4.78 is 6.07.